The van der Waals surface area contributed by atoms with Crippen LogP contribution in [0.5, 0.6) is 0 Å². The standard InChI is InChI=1S/C35H23NO2/c1-20-15-16-31-29(18-20)35(27-13-7-5-11-24(27)33(37)25-12-6-8-14-28(25)35)30-19-21(2)17-26-22-9-3-4-10-23(22)34(38)36(31)32(26)30/h3-19H,1-2H3. The van der Waals surface area contributed by atoms with Crippen LogP contribution in [0.4, 0.5) is 0 Å². The summed E-state index contributed by atoms with van der Waals surface area (Å²) in [7, 11) is 0. The average Bonchev–Trinajstić information content (AvgIpc) is 2.94. The van der Waals surface area contributed by atoms with Crippen LogP contribution in [0, 0.1) is 13.8 Å². The Labute approximate surface area is 219 Å². The van der Waals surface area contributed by atoms with Gasteiger partial charge in [0, 0.05) is 21.9 Å². The first-order valence-corrected chi connectivity index (χ1v) is 13.0. The molecule has 1 aliphatic carbocycles. The van der Waals surface area contributed by atoms with Crippen LogP contribution in [-0.4, -0.2) is 10.4 Å². The molecule has 38 heavy (non-hydrogen) atoms. The van der Waals surface area contributed by atoms with Crippen molar-refractivity contribution in [1.29, 1.82) is 0 Å². The number of aryl methyl sites for hydroxylation is 2. The summed E-state index contributed by atoms with van der Waals surface area (Å²) in [6.07, 6.45) is 0. The highest BCUT2D eigenvalue weighted by Gasteiger charge is 2.50. The molecular formula is C35H23NO2. The summed E-state index contributed by atoms with van der Waals surface area (Å²) in [4.78, 5) is 28.1. The molecule has 180 valence electrons. The van der Waals surface area contributed by atoms with Crippen LogP contribution in [0.2, 0.25) is 0 Å². The molecule has 2 aliphatic rings. The normalized spacial score (nSPS) is 14.4. The summed E-state index contributed by atoms with van der Waals surface area (Å²) in [6.45, 7) is 4.20. The first-order valence-electron chi connectivity index (χ1n) is 13.0. The predicted molar refractivity (Wildman–Crippen MR) is 152 cm³/mol. The Hall–Kier alpha value is -4.76. The van der Waals surface area contributed by atoms with Gasteiger partial charge in [0.05, 0.1) is 16.6 Å². The highest BCUT2D eigenvalue weighted by molar-refractivity contribution is 6.15. The van der Waals surface area contributed by atoms with Crippen LogP contribution in [0.1, 0.15) is 49.3 Å². The molecule has 0 amide bonds. The van der Waals surface area contributed by atoms with Crippen molar-refractivity contribution in [2.45, 2.75) is 19.3 Å². The molecular weight excluding hydrogens is 466 g/mol. The summed E-state index contributed by atoms with van der Waals surface area (Å²) >= 11 is 0. The number of pyridine rings is 1. The molecule has 3 nitrogen and oxygen atoms in total. The van der Waals surface area contributed by atoms with Gasteiger partial charge in [0.15, 0.2) is 5.78 Å². The minimum absolute atomic E-state index is 0.0217. The number of rotatable bonds is 0. The Kier molecular flexibility index (Phi) is 4.03. The maximum atomic E-state index is 14.2. The maximum absolute atomic E-state index is 14.2. The van der Waals surface area contributed by atoms with E-state index in [-0.39, 0.29) is 11.3 Å². The lowest BCUT2D eigenvalue weighted by molar-refractivity contribution is 0.103. The third-order valence-electron chi connectivity index (χ3n) is 8.48. The van der Waals surface area contributed by atoms with Gasteiger partial charge in [-0.05, 0) is 59.7 Å². The number of hydrogen-bond acceptors (Lipinski definition) is 2. The quantitative estimate of drug-likeness (QED) is 0.215. The third kappa shape index (κ3) is 2.39. The Morgan fingerprint density at radius 1 is 0.553 bits per heavy atom. The van der Waals surface area contributed by atoms with Crippen molar-refractivity contribution in [2.75, 3.05) is 0 Å². The minimum atomic E-state index is -0.748. The Morgan fingerprint density at radius 3 is 1.87 bits per heavy atom. The van der Waals surface area contributed by atoms with Gasteiger partial charge >= 0.3 is 0 Å². The molecule has 0 saturated heterocycles. The van der Waals surface area contributed by atoms with E-state index in [2.05, 4.69) is 56.3 Å². The van der Waals surface area contributed by atoms with E-state index in [0.717, 1.165) is 55.4 Å². The van der Waals surface area contributed by atoms with Crippen molar-refractivity contribution >= 4 is 27.5 Å². The SMILES string of the molecule is Cc1ccc2c(c1)C1(c3ccccc3C(=O)c3ccccc31)c1cc(C)cc3c4ccccc4c(=O)n-2c13. The van der Waals surface area contributed by atoms with Crippen LogP contribution < -0.4 is 5.56 Å². The van der Waals surface area contributed by atoms with Gasteiger partial charge < -0.3 is 0 Å². The fourth-order valence-electron chi connectivity index (χ4n) is 7.04. The topological polar surface area (TPSA) is 39.1 Å². The van der Waals surface area contributed by atoms with Crippen LogP contribution in [0.25, 0.3) is 27.4 Å². The molecule has 5 aromatic carbocycles. The van der Waals surface area contributed by atoms with Crippen molar-refractivity contribution < 1.29 is 4.79 Å². The molecule has 0 fully saturated rings. The average molecular weight is 490 g/mol. The molecule has 0 unspecified atom stereocenters. The van der Waals surface area contributed by atoms with Crippen LogP contribution in [0.3, 0.4) is 0 Å². The van der Waals surface area contributed by atoms with Gasteiger partial charge in [0.25, 0.3) is 5.56 Å². The van der Waals surface area contributed by atoms with Gasteiger partial charge in [0.2, 0.25) is 0 Å². The van der Waals surface area contributed by atoms with Gasteiger partial charge in [-0.15, -0.1) is 0 Å². The minimum Gasteiger partial charge on any atom is -0.289 e. The van der Waals surface area contributed by atoms with Gasteiger partial charge in [-0.2, -0.15) is 0 Å². The van der Waals surface area contributed by atoms with Gasteiger partial charge in [0.1, 0.15) is 0 Å². The highest BCUT2D eigenvalue weighted by Crippen LogP contribution is 2.56. The molecule has 3 heteroatoms. The summed E-state index contributed by atoms with van der Waals surface area (Å²) < 4.78 is 1.91. The van der Waals surface area contributed by atoms with Crippen molar-refractivity contribution in [1.82, 2.24) is 4.57 Å². The number of nitrogens with zero attached hydrogens (tertiary/aromatic N) is 1. The van der Waals surface area contributed by atoms with E-state index in [1.54, 1.807) is 0 Å². The van der Waals surface area contributed by atoms with E-state index >= 15 is 0 Å². The molecule has 1 spiro atoms. The lowest BCUT2D eigenvalue weighted by Crippen LogP contribution is -2.42. The van der Waals surface area contributed by atoms with Gasteiger partial charge in [-0.3, -0.25) is 14.2 Å². The summed E-state index contributed by atoms with van der Waals surface area (Å²) in [5.74, 6) is 0.0430. The zero-order chi connectivity index (χ0) is 25.8. The number of carbonyl (C=O) groups is 1. The van der Waals surface area contributed by atoms with Crippen LogP contribution in [0.15, 0.2) is 108 Å². The second kappa shape index (κ2) is 7.17. The molecule has 6 aromatic rings. The number of carbonyl (C=O) groups excluding carboxylic acids is 1. The van der Waals surface area contributed by atoms with Crippen LogP contribution >= 0.6 is 0 Å². The molecule has 1 aromatic heterocycles. The first kappa shape index (κ1) is 21.3. The second-order valence-electron chi connectivity index (χ2n) is 10.6. The van der Waals surface area contributed by atoms with E-state index in [1.165, 1.54) is 0 Å². The van der Waals surface area contributed by atoms with Gasteiger partial charge in [-0.1, -0.05) is 96.1 Å². The zero-order valence-corrected chi connectivity index (χ0v) is 21.1. The van der Waals surface area contributed by atoms with E-state index in [0.29, 0.717) is 16.5 Å². The number of fused-ring (bicyclic) bond motifs is 10. The third-order valence-corrected chi connectivity index (χ3v) is 8.48. The molecule has 0 saturated carbocycles. The number of benzene rings is 5. The fraction of sp³-hybridized carbons (Fsp3) is 0.0857. The smallest absolute Gasteiger partial charge is 0.263 e. The van der Waals surface area contributed by atoms with Crippen LogP contribution in [-0.2, 0) is 5.41 Å². The van der Waals surface area contributed by atoms with Crippen molar-refractivity contribution in [3.05, 3.63) is 158 Å². The zero-order valence-electron chi connectivity index (χ0n) is 21.1. The summed E-state index contributed by atoms with van der Waals surface area (Å²) in [6, 6.07) is 34.7. The van der Waals surface area contributed by atoms with E-state index in [1.807, 2.05) is 65.2 Å². The predicted octanol–water partition coefficient (Wildman–Crippen LogP) is 7.00. The molecule has 2 heterocycles. The largest absolute Gasteiger partial charge is 0.289 e. The lowest BCUT2D eigenvalue weighted by atomic mass is 9.57. The number of aromatic nitrogens is 1. The number of hydrogen-bond donors (Lipinski definition) is 0. The monoisotopic (exact) mass is 489 g/mol. The molecule has 0 N–H and O–H groups in total. The summed E-state index contributed by atoms with van der Waals surface area (Å²) in [5.41, 5.74) is 8.66. The molecule has 0 bridgehead atoms. The Bertz CT molecular complexity index is 2050. The molecule has 8 rings (SSSR count). The highest BCUT2D eigenvalue weighted by atomic mass is 16.1. The van der Waals surface area contributed by atoms with E-state index < -0.39 is 5.41 Å². The molecule has 1 aliphatic heterocycles. The van der Waals surface area contributed by atoms with Gasteiger partial charge in [-0.25, -0.2) is 0 Å². The lowest BCUT2D eigenvalue weighted by Gasteiger charge is -2.46. The second-order valence-corrected chi connectivity index (χ2v) is 10.6. The number of ketones is 1. The van der Waals surface area contributed by atoms with Crippen molar-refractivity contribution in [2.24, 2.45) is 0 Å². The Balaban J connectivity index is 1.74. The van der Waals surface area contributed by atoms with E-state index in [9.17, 15) is 9.59 Å². The molecule has 0 atom stereocenters. The van der Waals surface area contributed by atoms with E-state index in [4.69, 9.17) is 0 Å². The summed E-state index contributed by atoms with van der Waals surface area (Å²) in [5, 5.41) is 2.71. The molecule has 0 radical (unpaired) electrons. The van der Waals surface area contributed by atoms with Crippen molar-refractivity contribution in [3.8, 4) is 5.69 Å². The fourth-order valence-corrected chi connectivity index (χ4v) is 7.04. The first-order chi connectivity index (χ1) is 18.5. The van der Waals surface area contributed by atoms with Crippen molar-refractivity contribution in [3.63, 3.8) is 0 Å². The maximum Gasteiger partial charge on any atom is 0.263 e. The Morgan fingerprint density at radius 2 is 1.16 bits per heavy atom.